The first kappa shape index (κ1) is 16.7. The van der Waals surface area contributed by atoms with Gasteiger partial charge in [0.25, 0.3) is 0 Å². The van der Waals surface area contributed by atoms with Gasteiger partial charge in [-0.3, -0.25) is 4.79 Å². The minimum absolute atomic E-state index is 0.0473. The fourth-order valence-corrected chi connectivity index (χ4v) is 2.18. The van der Waals surface area contributed by atoms with Crippen LogP contribution >= 0.6 is 0 Å². The van der Waals surface area contributed by atoms with Gasteiger partial charge in [-0.15, -0.1) is 0 Å². The Labute approximate surface area is 122 Å². The van der Waals surface area contributed by atoms with Crippen molar-refractivity contribution in [3.8, 4) is 5.75 Å². The lowest BCUT2D eigenvalue weighted by Gasteiger charge is -2.21. The fourth-order valence-electron chi connectivity index (χ4n) is 2.18. The van der Waals surface area contributed by atoms with E-state index in [1.807, 2.05) is 59.0 Å². The molecule has 0 aliphatic carbocycles. The van der Waals surface area contributed by atoms with Gasteiger partial charge in [-0.05, 0) is 31.2 Å². The first-order valence-corrected chi connectivity index (χ1v) is 7.25. The molecule has 0 saturated carbocycles. The monoisotopic (exact) mass is 277 g/mol. The zero-order chi connectivity index (χ0) is 15.2. The minimum Gasteiger partial charge on any atom is -0.492 e. The summed E-state index contributed by atoms with van der Waals surface area (Å²) >= 11 is 0. The van der Waals surface area contributed by atoms with Crippen LogP contribution in [0.2, 0.25) is 0 Å². The first-order chi connectivity index (χ1) is 9.34. The SMILES string of the molecule is CNCCOc1ccc(CC(C)C(=O)C(C)(C)C)cc1. The van der Waals surface area contributed by atoms with Crippen LogP contribution in [0.1, 0.15) is 33.3 Å². The van der Waals surface area contributed by atoms with Crippen LogP contribution in [0.4, 0.5) is 0 Å². The molecule has 0 fully saturated rings. The van der Waals surface area contributed by atoms with Gasteiger partial charge in [0, 0.05) is 17.9 Å². The van der Waals surface area contributed by atoms with E-state index >= 15 is 0 Å². The molecule has 0 radical (unpaired) electrons. The van der Waals surface area contributed by atoms with Crippen LogP contribution in [0, 0.1) is 11.3 Å². The summed E-state index contributed by atoms with van der Waals surface area (Å²) < 4.78 is 5.58. The summed E-state index contributed by atoms with van der Waals surface area (Å²) in [4.78, 5) is 12.2. The summed E-state index contributed by atoms with van der Waals surface area (Å²) in [5.41, 5.74) is 0.909. The van der Waals surface area contributed by atoms with E-state index in [4.69, 9.17) is 4.74 Å². The summed E-state index contributed by atoms with van der Waals surface area (Å²) in [7, 11) is 1.90. The number of hydrogen-bond donors (Lipinski definition) is 1. The molecule has 0 amide bonds. The average Bonchev–Trinajstić information content (AvgIpc) is 2.39. The van der Waals surface area contributed by atoms with Gasteiger partial charge in [0.2, 0.25) is 0 Å². The van der Waals surface area contributed by atoms with Crippen molar-refractivity contribution in [3.05, 3.63) is 29.8 Å². The van der Waals surface area contributed by atoms with Crippen LogP contribution in [0.5, 0.6) is 5.75 Å². The van der Waals surface area contributed by atoms with Gasteiger partial charge in [-0.2, -0.15) is 0 Å². The number of likely N-dealkylation sites (N-methyl/N-ethyl adjacent to an activating group) is 1. The van der Waals surface area contributed by atoms with Crippen LogP contribution in [-0.4, -0.2) is 26.0 Å². The smallest absolute Gasteiger partial charge is 0.141 e. The van der Waals surface area contributed by atoms with Crippen molar-refractivity contribution < 1.29 is 9.53 Å². The third kappa shape index (κ3) is 5.33. The Hall–Kier alpha value is -1.35. The summed E-state index contributed by atoms with van der Waals surface area (Å²) in [6.45, 7) is 9.43. The quantitative estimate of drug-likeness (QED) is 0.778. The number of rotatable bonds is 7. The Bertz CT molecular complexity index is 418. The van der Waals surface area contributed by atoms with Crippen LogP contribution in [0.3, 0.4) is 0 Å². The zero-order valence-electron chi connectivity index (χ0n) is 13.3. The lowest BCUT2D eigenvalue weighted by atomic mass is 9.81. The summed E-state index contributed by atoms with van der Waals surface area (Å²) in [5.74, 6) is 1.23. The highest BCUT2D eigenvalue weighted by Gasteiger charge is 2.26. The summed E-state index contributed by atoms with van der Waals surface area (Å²) in [5, 5.41) is 3.04. The number of hydrogen-bond acceptors (Lipinski definition) is 3. The van der Waals surface area contributed by atoms with Crippen molar-refractivity contribution in [2.45, 2.75) is 34.1 Å². The molecular weight excluding hydrogens is 250 g/mol. The third-order valence-corrected chi connectivity index (χ3v) is 3.27. The van der Waals surface area contributed by atoms with Gasteiger partial charge in [0.1, 0.15) is 18.1 Å². The fraction of sp³-hybridized carbons (Fsp3) is 0.588. The highest BCUT2D eigenvalue weighted by molar-refractivity contribution is 5.85. The molecular formula is C17H27NO2. The molecule has 3 nitrogen and oxygen atoms in total. The van der Waals surface area contributed by atoms with Crippen LogP contribution in [0.25, 0.3) is 0 Å². The Morgan fingerprint density at radius 2 is 1.85 bits per heavy atom. The third-order valence-electron chi connectivity index (χ3n) is 3.27. The van der Waals surface area contributed by atoms with Gasteiger partial charge in [-0.1, -0.05) is 39.8 Å². The molecule has 0 aliphatic heterocycles. The van der Waals surface area contributed by atoms with Crippen molar-refractivity contribution in [3.63, 3.8) is 0 Å². The lowest BCUT2D eigenvalue weighted by Crippen LogP contribution is -2.27. The normalized spacial score (nSPS) is 13.1. The number of carbonyl (C=O) groups is 1. The number of Topliss-reactive ketones (excluding diaryl/α,β-unsaturated/α-hetero) is 1. The van der Waals surface area contributed by atoms with Crippen molar-refractivity contribution in [2.24, 2.45) is 11.3 Å². The van der Waals surface area contributed by atoms with E-state index in [9.17, 15) is 4.79 Å². The van der Waals surface area contributed by atoms with E-state index < -0.39 is 0 Å². The zero-order valence-corrected chi connectivity index (χ0v) is 13.3. The second-order valence-electron chi connectivity index (χ2n) is 6.32. The van der Waals surface area contributed by atoms with E-state index in [1.165, 1.54) is 5.56 Å². The molecule has 112 valence electrons. The summed E-state index contributed by atoms with van der Waals surface area (Å²) in [6, 6.07) is 8.03. The van der Waals surface area contributed by atoms with Crippen molar-refractivity contribution in [2.75, 3.05) is 20.2 Å². The molecule has 0 aliphatic rings. The number of carbonyl (C=O) groups excluding carboxylic acids is 1. The lowest BCUT2D eigenvalue weighted by molar-refractivity contribution is -0.129. The molecule has 0 saturated heterocycles. The maximum atomic E-state index is 12.2. The van der Waals surface area contributed by atoms with Crippen LogP contribution < -0.4 is 10.1 Å². The Morgan fingerprint density at radius 1 is 1.25 bits per heavy atom. The minimum atomic E-state index is -0.268. The number of ether oxygens (including phenoxy) is 1. The number of benzene rings is 1. The van der Waals surface area contributed by atoms with Crippen molar-refractivity contribution in [1.82, 2.24) is 5.32 Å². The van der Waals surface area contributed by atoms with Crippen LogP contribution in [0.15, 0.2) is 24.3 Å². The first-order valence-electron chi connectivity index (χ1n) is 7.25. The van der Waals surface area contributed by atoms with E-state index in [1.54, 1.807) is 0 Å². The maximum Gasteiger partial charge on any atom is 0.141 e. The summed E-state index contributed by atoms with van der Waals surface area (Å²) in [6.07, 6.45) is 0.785. The average molecular weight is 277 g/mol. The van der Waals surface area contributed by atoms with Crippen molar-refractivity contribution >= 4 is 5.78 Å². The molecule has 1 aromatic rings. The van der Waals surface area contributed by atoms with E-state index in [0.717, 1.165) is 18.7 Å². The number of nitrogens with one attached hydrogen (secondary N) is 1. The second kappa shape index (κ2) is 7.44. The van der Waals surface area contributed by atoms with Gasteiger partial charge >= 0.3 is 0 Å². The van der Waals surface area contributed by atoms with Gasteiger partial charge in [-0.25, -0.2) is 0 Å². The number of ketones is 1. The predicted octanol–water partition coefficient (Wildman–Crippen LogP) is 3.08. The standard InChI is InChI=1S/C17H27NO2/c1-13(16(19)17(2,3)4)12-14-6-8-15(9-7-14)20-11-10-18-5/h6-9,13,18H,10-12H2,1-5H3. The topological polar surface area (TPSA) is 38.3 Å². The highest BCUT2D eigenvalue weighted by Crippen LogP contribution is 2.23. The van der Waals surface area contributed by atoms with E-state index in [2.05, 4.69) is 5.32 Å². The molecule has 0 heterocycles. The molecule has 1 unspecified atom stereocenters. The molecule has 0 bridgehead atoms. The van der Waals surface area contributed by atoms with E-state index in [0.29, 0.717) is 12.4 Å². The highest BCUT2D eigenvalue weighted by atomic mass is 16.5. The molecule has 0 spiro atoms. The van der Waals surface area contributed by atoms with E-state index in [-0.39, 0.29) is 11.3 Å². The molecule has 3 heteroatoms. The van der Waals surface area contributed by atoms with Crippen molar-refractivity contribution in [1.29, 1.82) is 0 Å². The molecule has 1 aromatic carbocycles. The molecule has 1 N–H and O–H groups in total. The van der Waals surface area contributed by atoms with Crippen LogP contribution in [-0.2, 0) is 11.2 Å². The largest absolute Gasteiger partial charge is 0.492 e. The predicted molar refractivity (Wildman–Crippen MR) is 83.2 cm³/mol. The van der Waals surface area contributed by atoms with Gasteiger partial charge in [0.05, 0.1) is 0 Å². The Kier molecular flexibility index (Phi) is 6.21. The molecule has 0 aromatic heterocycles. The molecule has 1 rings (SSSR count). The maximum absolute atomic E-state index is 12.2. The van der Waals surface area contributed by atoms with Gasteiger partial charge in [0.15, 0.2) is 0 Å². The molecule has 20 heavy (non-hydrogen) atoms. The second-order valence-corrected chi connectivity index (χ2v) is 6.32. The van der Waals surface area contributed by atoms with Gasteiger partial charge < -0.3 is 10.1 Å². The molecule has 1 atom stereocenters. The Balaban J connectivity index is 2.55. The Morgan fingerprint density at radius 3 is 2.35 bits per heavy atom.